The summed E-state index contributed by atoms with van der Waals surface area (Å²) in [6.07, 6.45) is -0.280. The Morgan fingerprint density at radius 1 is 0.964 bits per heavy atom. The molecule has 0 saturated carbocycles. The topological polar surface area (TPSA) is 151 Å². The number of primary amides is 1. The summed E-state index contributed by atoms with van der Waals surface area (Å²) in [7, 11) is 0. The molecule has 0 bridgehead atoms. The van der Waals surface area contributed by atoms with Crippen LogP contribution in [0.3, 0.4) is 0 Å². The standard InChI is InChI=1S/C19H16N4O5/c20-10-9-16(24)22-13-7-5-12(6-8-13)19(27)28-11-17(25)23-15-4-2-1-3-14(15)18(21)26/h1-8H,9,11H2,(H2,21,26)(H,22,24)(H,23,25). The maximum absolute atomic E-state index is 12.0. The molecule has 4 N–H and O–H groups in total. The zero-order valence-corrected chi connectivity index (χ0v) is 14.6. The van der Waals surface area contributed by atoms with Gasteiger partial charge in [0.25, 0.3) is 11.8 Å². The molecule has 0 spiro atoms. The number of nitriles is 1. The van der Waals surface area contributed by atoms with E-state index in [0.29, 0.717) is 5.69 Å². The van der Waals surface area contributed by atoms with Gasteiger partial charge in [-0.3, -0.25) is 14.4 Å². The fourth-order valence-corrected chi connectivity index (χ4v) is 2.17. The van der Waals surface area contributed by atoms with E-state index in [1.165, 1.54) is 36.4 Å². The fraction of sp³-hybridized carbons (Fsp3) is 0.105. The molecule has 0 aliphatic carbocycles. The highest BCUT2D eigenvalue weighted by Crippen LogP contribution is 2.14. The van der Waals surface area contributed by atoms with Gasteiger partial charge in [0.2, 0.25) is 5.91 Å². The molecule has 142 valence electrons. The van der Waals surface area contributed by atoms with E-state index >= 15 is 0 Å². The van der Waals surface area contributed by atoms with Crippen molar-refractivity contribution in [3.8, 4) is 6.07 Å². The van der Waals surface area contributed by atoms with Crippen LogP contribution >= 0.6 is 0 Å². The van der Waals surface area contributed by atoms with Crippen molar-refractivity contribution in [2.45, 2.75) is 6.42 Å². The molecule has 0 atom stereocenters. The van der Waals surface area contributed by atoms with Crippen LogP contribution in [-0.4, -0.2) is 30.3 Å². The summed E-state index contributed by atoms with van der Waals surface area (Å²) in [5.74, 6) is -2.55. The smallest absolute Gasteiger partial charge is 0.338 e. The second-order valence-electron chi connectivity index (χ2n) is 5.49. The van der Waals surface area contributed by atoms with E-state index in [9.17, 15) is 19.2 Å². The number of benzene rings is 2. The number of hydrogen-bond donors (Lipinski definition) is 3. The van der Waals surface area contributed by atoms with Crippen molar-refractivity contribution < 1.29 is 23.9 Å². The van der Waals surface area contributed by atoms with Crippen molar-refractivity contribution in [1.29, 1.82) is 5.26 Å². The molecule has 2 rings (SSSR count). The van der Waals surface area contributed by atoms with Crippen LogP contribution in [0.25, 0.3) is 0 Å². The van der Waals surface area contributed by atoms with E-state index < -0.39 is 30.3 Å². The van der Waals surface area contributed by atoms with Gasteiger partial charge >= 0.3 is 5.97 Å². The van der Waals surface area contributed by atoms with Gasteiger partial charge in [-0.05, 0) is 36.4 Å². The maximum Gasteiger partial charge on any atom is 0.338 e. The number of ether oxygens (including phenoxy) is 1. The van der Waals surface area contributed by atoms with E-state index in [4.69, 9.17) is 15.7 Å². The van der Waals surface area contributed by atoms with Gasteiger partial charge in [-0.25, -0.2) is 4.79 Å². The summed E-state index contributed by atoms with van der Waals surface area (Å²) in [6.45, 7) is -0.563. The highest BCUT2D eigenvalue weighted by Gasteiger charge is 2.13. The van der Waals surface area contributed by atoms with Gasteiger partial charge < -0.3 is 21.1 Å². The number of carbonyl (C=O) groups is 4. The Morgan fingerprint density at radius 2 is 1.64 bits per heavy atom. The molecule has 0 radical (unpaired) electrons. The maximum atomic E-state index is 12.0. The molecule has 0 unspecified atom stereocenters. The summed E-state index contributed by atoms with van der Waals surface area (Å²) < 4.78 is 4.92. The summed E-state index contributed by atoms with van der Waals surface area (Å²) in [6, 6.07) is 13.6. The molecule has 0 aliphatic heterocycles. The zero-order chi connectivity index (χ0) is 20.5. The van der Waals surface area contributed by atoms with Crippen LogP contribution in [-0.2, 0) is 14.3 Å². The van der Waals surface area contributed by atoms with Crippen LogP contribution in [0.1, 0.15) is 27.1 Å². The first-order valence-corrected chi connectivity index (χ1v) is 8.03. The first-order valence-electron chi connectivity index (χ1n) is 8.03. The van der Waals surface area contributed by atoms with Gasteiger partial charge in [0, 0.05) is 5.69 Å². The van der Waals surface area contributed by atoms with Crippen LogP contribution in [0.15, 0.2) is 48.5 Å². The number of rotatable bonds is 7. The first kappa shape index (κ1) is 20.1. The lowest BCUT2D eigenvalue weighted by molar-refractivity contribution is -0.119. The van der Waals surface area contributed by atoms with Crippen LogP contribution in [0, 0.1) is 11.3 Å². The average molecular weight is 380 g/mol. The zero-order valence-electron chi connectivity index (χ0n) is 14.6. The number of carbonyl (C=O) groups excluding carboxylic acids is 4. The van der Waals surface area contributed by atoms with Gasteiger partial charge in [0.15, 0.2) is 6.61 Å². The van der Waals surface area contributed by atoms with Crippen molar-refractivity contribution in [2.24, 2.45) is 5.73 Å². The quantitative estimate of drug-likeness (QED) is 0.618. The third-order valence-electron chi connectivity index (χ3n) is 3.44. The molecule has 0 aromatic heterocycles. The number of nitrogens with zero attached hydrogens (tertiary/aromatic N) is 1. The van der Waals surface area contributed by atoms with Crippen LogP contribution in [0.4, 0.5) is 11.4 Å². The molecule has 2 aromatic carbocycles. The summed E-state index contributed by atoms with van der Waals surface area (Å²) in [5, 5.41) is 13.4. The minimum Gasteiger partial charge on any atom is -0.452 e. The molecular weight excluding hydrogens is 364 g/mol. The molecule has 3 amide bonds. The third-order valence-corrected chi connectivity index (χ3v) is 3.44. The van der Waals surface area contributed by atoms with E-state index in [1.54, 1.807) is 18.2 Å². The van der Waals surface area contributed by atoms with Gasteiger partial charge in [-0.2, -0.15) is 5.26 Å². The van der Waals surface area contributed by atoms with Gasteiger partial charge in [-0.15, -0.1) is 0 Å². The molecule has 0 fully saturated rings. The number of anilines is 2. The van der Waals surface area contributed by atoms with Crippen molar-refractivity contribution in [3.63, 3.8) is 0 Å². The Labute approximate surface area is 160 Å². The second-order valence-corrected chi connectivity index (χ2v) is 5.49. The van der Waals surface area contributed by atoms with Gasteiger partial charge in [-0.1, -0.05) is 12.1 Å². The highest BCUT2D eigenvalue weighted by atomic mass is 16.5. The average Bonchev–Trinajstić information content (AvgIpc) is 2.67. The van der Waals surface area contributed by atoms with Crippen molar-refractivity contribution in [1.82, 2.24) is 0 Å². The number of nitrogens with one attached hydrogen (secondary N) is 2. The number of esters is 1. The Kier molecular flexibility index (Phi) is 6.82. The Bertz CT molecular complexity index is 948. The van der Waals surface area contributed by atoms with Gasteiger partial charge in [0.05, 0.1) is 22.9 Å². The van der Waals surface area contributed by atoms with Crippen LogP contribution < -0.4 is 16.4 Å². The van der Waals surface area contributed by atoms with Crippen LogP contribution in [0.2, 0.25) is 0 Å². The van der Waals surface area contributed by atoms with Crippen molar-refractivity contribution >= 4 is 35.1 Å². The molecule has 2 aromatic rings. The summed E-state index contributed by atoms with van der Waals surface area (Å²) >= 11 is 0. The van der Waals surface area contributed by atoms with Crippen molar-refractivity contribution in [3.05, 3.63) is 59.7 Å². The predicted octanol–water partition coefficient (Wildman–Crippen LogP) is 1.43. The normalized spacial score (nSPS) is 9.68. The Hall–Kier alpha value is -4.19. The largest absolute Gasteiger partial charge is 0.452 e. The molecular formula is C19H16N4O5. The van der Waals surface area contributed by atoms with E-state index in [1.807, 2.05) is 0 Å². The number of para-hydroxylation sites is 1. The van der Waals surface area contributed by atoms with E-state index in [2.05, 4.69) is 10.6 Å². The monoisotopic (exact) mass is 380 g/mol. The lowest BCUT2D eigenvalue weighted by Gasteiger charge is -2.09. The van der Waals surface area contributed by atoms with Gasteiger partial charge in [0.1, 0.15) is 6.42 Å². The molecule has 9 nitrogen and oxygen atoms in total. The van der Waals surface area contributed by atoms with Crippen molar-refractivity contribution in [2.75, 3.05) is 17.2 Å². The Balaban J connectivity index is 1.90. The lowest BCUT2D eigenvalue weighted by Crippen LogP contribution is -2.23. The minimum atomic E-state index is -0.742. The molecule has 9 heteroatoms. The first-order chi connectivity index (χ1) is 13.4. The third kappa shape index (κ3) is 5.67. The lowest BCUT2D eigenvalue weighted by atomic mass is 10.1. The SMILES string of the molecule is N#CCC(=O)Nc1ccc(C(=O)OCC(=O)Nc2ccccc2C(N)=O)cc1. The minimum absolute atomic E-state index is 0.135. The summed E-state index contributed by atoms with van der Waals surface area (Å²) in [5.41, 5.74) is 6.17. The molecule has 28 heavy (non-hydrogen) atoms. The summed E-state index contributed by atoms with van der Waals surface area (Å²) in [4.78, 5) is 46.6. The predicted molar refractivity (Wildman–Crippen MR) is 99.2 cm³/mol. The number of amides is 3. The molecule has 0 heterocycles. The highest BCUT2D eigenvalue weighted by molar-refractivity contribution is 6.03. The van der Waals surface area contributed by atoms with E-state index in [-0.39, 0.29) is 23.2 Å². The molecule has 0 aliphatic rings. The Morgan fingerprint density at radius 3 is 2.29 bits per heavy atom. The second kappa shape index (κ2) is 9.49. The number of hydrogen-bond acceptors (Lipinski definition) is 6. The molecule has 0 saturated heterocycles. The van der Waals surface area contributed by atoms with Crippen LogP contribution in [0.5, 0.6) is 0 Å². The van der Waals surface area contributed by atoms with E-state index in [0.717, 1.165) is 0 Å². The number of nitrogens with two attached hydrogens (primary N) is 1. The fourth-order valence-electron chi connectivity index (χ4n) is 2.17.